The average molecular weight is 432 g/mol. The van der Waals surface area contributed by atoms with Crippen LogP contribution in [-0.2, 0) is 17.9 Å². The van der Waals surface area contributed by atoms with Crippen molar-refractivity contribution in [2.75, 3.05) is 0 Å². The fourth-order valence-electron chi connectivity index (χ4n) is 3.08. The van der Waals surface area contributed by atoms with Gasteiger partial charge in [0, 0.05) is 0 Å². The van der Waals surface area contributed by atoms with Crippen molar-refractivity contribution in [3.63, 3.8) is 0 Å². The minimum atomic E-state index is -4.61. The highest BCUT2D eigenvalue weighted by atomic mass is 35.5. The molecule has 8 heteroatoms. The van der Waals surface area contributed by atoms with Crippen LogP contribution < -0.4 is 5.73 Å². The first kappa shape index (κ1) is 22.8. The van der Waals surface area contributed by atoms with Gasteiger partial charge in [-0.05, 0) is 41.0 Å². The quantitative estimate of drug-likeness (QED) is 0.377. The summed E-state index contributed by atoms with van der Waals surface area (Å²) in [6, 6.07) is 16.7. The van der Waals surface area contributed by atoms with Crippen LogP contribution in [0.3, 0.4) is 0 Å². The third-order valence-corrected chi connectivity index (χ3v) is 4.52. The zero-order valence-corrected chi connectivity index (χ0v) is 15.6. The van der Waals surface area contributed by atoms with Gasteiger partial charge in [-0.3, -0.25) is 0 Å². The van der Waals surface area contributed by atoms with Crippen molar-refractivity contribution in [1.82, 2.24) is 0 Å². The van der Waals surface area contributed by atoms with Crippen LogP contribution in [0, 0.1) is 0 Å². The predicted octanol–water partition coefficient (Wildman–Crippen LogP) is 6.40. The van der Waals surface area contributed by atoms with Gasteiger partial charge in [-0.15, -0.1) is 12.4 Å². The third-order valence-electron chi connectivity index (χ3n) is 4.52. The van der Waals surface area contributed by atoms with Crippen LogP contribution >= 0.6 is 12.4 Å². The minimum Gasteiger partial charge on any atom is -0.314 e. The molecule has 0 aliphatic carbocycles. The summed E-state index contributed by atoms with van der Waals surface area (Å²) in [6.07, 6.45) is -9.22. The highest BCUT2D eigenvalue weighted by molar-refractivity contribution is 5.85. The molecule has 0 unspecified atom stereocenters. The summed E-state index contributed by atoms with van der Waals surface area (Å²) in [6.45, 7) is 0. The lowest BCUT2D eigenvalue weighted by atomic mass is 9.77. The molecule has 0 amide bonds. The summed E-state index contributed by atoms with van der Waals surface area (Å²) in [5, 5.41) is 0. The molecule has 3 aromatic carbocycles. The van der Waals surface area contributed by atoms with E-state index >= 15 is 0 Å². The zero-order chi connectivity index (χ0) is 20.6. The zero-order valence-electron chi connectivity index (χ0n) is 14.8. The standard InChI is InChI=1S/C21H15F6N.ClH/c22-20(23,24)17-10-4-8-15(12-17)19(28,14-6-2-1-3-7-14)16-9-5-11-18(13-16)21(25,26)27;/h1-13H,28H2;1H. The molecular formula is C21H16ClF6N. The van der Waals surface area contributed by atoms with Gasteiger partial charge in [0.25, 0.3) is 0 Å². The molecule has 0 heterocycles. The average Bonchev–Trinajstić information content (AvgIpc) is 2.67. The van der Waals surface area contributed by atoms with Gasteiger partial charge in [0.1, 0.15) is 0 Å². The number of hydrogen-bond acceptors (Lipinski definition) is 1. The summed E-state index contributed by atoms with van der Waals surface area (Å²) < 4.78 is 79.2. The Morgan fingerprint density at radius 2 is 0.828 bits per heavy atom. The fraction of sp³-hybridized carbons (Fsp3) is 0.143. The lowest BCUT2D eigenvalue weighted by molar-refractivity contribution is -0.138. The molecule has 0 saturated heterocycles. The molecule has 29 heavy (non-hydrogen) atoms. The Morgan fingerprint density at radius 3 is 1.21 bits per heavy atom. The number of nitrogens with two attached hydrogens (primary N) is 1. The summed E-state index contributed by atoms with van der Waals surface area (Å²) in [5.74, 6) is 0. The van der Waals surface area contributed by atoms with E-state index in [0.29, 0.717) is 5.56 Å². The highest BCUT2D eigenvalue weighted by Crippen LogP contribution is 2.39. The summed E-state index contributed by atoms with van der Waals surface area (Å²) in [5.41, 5.74) is 3.43. The maximum absolute atomic E-state index is 13.2. The molecule has 0 aromatic heterocycles. The first-order valence-electron chi connectivity index (χ1n) is 8.23. The van der Waals surface area contributed by atoms with Gasteiger partial charge in [0.05, 0.1) is 16.7 Å². The van der Waals surface area contributed by atoms with Crippen molar-refractivity contribution in [2.24, 2.45) is 5.73 Å². The Hall–Kier alpha value is -2.51. The molecule has 0 spiro atoms. The summed E-state index contributed by atoms with van der Waals surface area (Å²) in [4.78, 5) is 0. The topological polar surface area (TPSA) is 26.0 Å². The molecule has 0 aliphatic heterocycles. The Kier molecular flexibility index (Phi) is 6.35. The lowest BCUT2D eigenvalue weighted by Crippen LogP contribution is -2.39. The Morgan fingerprint density at radius 1 is 0.483 bits per heavy atom. The van der Waals surface area contributed by atoms with Crippen LogP contribution in [0.5, 0.6) is 0 Å². The van der Waals surface area contributed by atoms with E-state index in [-0.39, 0.29) is 23.5 Å². The van der Waals surface area contributed by atoms with Gasteiger partial charge in [0.2, 0.25) is 0 Å². The van der Waals surface area contributed by atoms with Crippen molar-refractivity contribution in [3.8, 4) is 0 Å². The van der Waals surface area contributed by atoms with Gasteiger partial charge >= 0.3 is 12.4 Å². The molecular weight excluding hydrogens is 416 g/mol. The fourth-order valence-corrected chi connectivity index (χ4v) is 3.08. The van der Waals surface area contributed by atoms with Crippen molar-refractivity contribution < 1.29 is 26.3 Å². The van der Waals surface area contributed by atoms with E-state index in [1.54, 1.807) is 30.3 Å². The van der Waals surface area contributed by atoms with E-state index < -0.39 is 29.0 Å². The SMILES string of the molecule is Cl.NC(c1ccccc1)(c1cccc(C(F)(F)F)c1)c1cccc(C(F)(F)F)c1. The maximum atomic E-state index is 13.2. The second-order valence-electron chi connectivity index (χ2n) is 6.33. The van der Waals surface area contributed by atoms with Gasteiger partial charge in [-0.25, -0.2) is 0 Å². The van der Waals surface area contributed by atoms with Crippen LogP contribution in [0.2, 0.25) is 0 Å². The van der Waals surface area contributed by atoms with E-state index in [0.717, 1.165) is 24.3 Å². The Bertz CT molecular complexity index is 909. The smallest absolute Gasteiger partial charge is 0.314 e. The second-order valence-corrected chi connectivity index (χ2v) is 6.33. The Labute approximate surface area is 169 Å². The monoisotopic (exact) mass is 431 g/mol. The normalized spacial score (nSPS) is 12.4. The molecule has 0 fully saturated rings. The molecule has 1 nitrogen and oxygen atoms in total. The molecule has 0 atom stereocenters. The number of halogens is 7. The molecule has 0 aliphatic rings. The molecule has 3 aromatic rings. The highest BCUT2D eigenvalue weighted by Gasteiger charge is 2.38. The Balaban J connectivity index is 0.00000300. The van der Waals surface area contributed by atoms with Crippen molar-refractivity contribution in [1.29, 1.82) is 0 Å². The van der Waals surface area contributed by atoms with Crippen molar-refractivity contribution >= 4 is 12.4 Å². The van der Waals surface area contributed by atoms with Crippen molar-refractivity contribution in [2.45, 2.75) is 17.9 Å². The number of hydrogen-bond donors (Lipinski definition) is 1. The number of alkyl halides is 6. The van der Waals surface area contributed by atoms with Crippen LogP contribution in [0.15, 0.2) is 78.9 Å². The van der Waals surface area contributed by atoms with Gasteiger partial charge in [0.15, 0.2) is 0 Å². The van der Waals surface area contributed by atoms with Crippen LogP contribution in [0.4, 0.5) is 26.3 Å². The lowest BCUT2D eigenvalue weighted by Gasteiger charge is -2.32. The van der Waals surface area contributed by atoms with Gasteiger partial charge in [-0.1, -0.05) is 54.6 Å². The molecule has 3 rings (SSSR count). The van der Waals surface area contributed by atoms with Gasteiger partial charge in [-0.2, -0.15) is 26.3 Å². The maximum Gasteiger partial charge on any atom is 0.416 e. The van der Waals surface area contributed by atoms with E-state index in [1.807, 2.05) is 0 Å². The molecule has 0 radical (unpaired) electrons. The predicted molar refractivity (Wildman–Crippen MR) is 101 cm³/mol. The first-order chi connectivity index (χ1) is 13.0. The molecule has 2 N–H and O–H groups in total. The second kappa shape index (κ2) is 8.08. The van der Waals surface area contributed by atoms with E-state index in [9.17, 15) is 26.3 Å². The number of benzene rings is 3. The van der Waals surface area contributed by atoms with Gasteiger partial charge < -0.3 is 5.73 Å². The summed E-state index contributed by atoms with van der Waals surface area (Å²) >= 11 is 0. The minimum absolute atomic E-state index is 0. The van der Waals surface area contributed by atoms with Crippen LogP contribution in [0.25, 0.3) is 0 Å². The third kappa shape index (κ3) is 4.57. The molecule has 0 bridgehead atoms. The van der Waals surface area contributed by atoms with Crippen molar-refractivity contribution in [3.05, 3.63) is 107 Å². The molecule has 154 valence electrons. The van der Waals surface area contributed by atoms with E-state index in [4.69, 9.17) is 5.73 Å². The largest absolute Gasteiger partial charge is 0.416 e. The first-order valence-corrected chi connectivity index (χ1v) is 8.23. The van der Waals surface area contributed by atoms with Crippen LogP contribution in [0.1, 0.15) is 27.8 Å². The summed E-state index contributed by atoms with van der Waals surface area (Å²) in [7, 11) is 0. The number of rotatable bonds is 3. The van der Waals surface area contributed by atoms with E-state index in [1.165, 1.54) is 24.3 Å². The molecule has 0 saturated carbocycles. The van der Waals surface area contributed by atoms with E-state index in [2.05, 4.69) is 0 Å². The van der Waals surface area contributed by atoms with Crippen LogP contribution in [-0.4, -0.2) is 0 Å².